The van der Waals surface area contributed by atoms with Crippen LogP contribution in [0.2, 0.25) is 0 Å². The van der Waals surface area contributed by atoms with Crippen molar-refractivity contribution in [2.24, 2.45) is 0 Å². The van der Waals surface area contributed by atoms with E-state index >= 15 is 0 Å². The van der Waals surface area contributed by atoms with E-state index in [0.29, 0.717) is 19.6 Å². The van der Waals surface area contributed by atoms with E-state index in [1.807, 2.05) is 6.92 Å². The van der Waals surface area contributed by atoms with Crippen molar-refractivity contribution in [3.05, 3.63) is 59.7 Å². The first-order valence-corrected chi connectivity index (χ1v) is 8.88. The molecule has 140 valence electrons. The Hall–Kier alpha value is -2.73. The number of aromatic nitrogens is 1. The number of fused-ring (bicyclic) bond motifs is 1. The number of hydrogen-bond acceptors (Lipinski definition) is 2. The number of carbonyl (C=O) groups is 1. The number of hydrogen-bond donors (Lipinski definition) is 2. The molecule has 1 aliphatic rings. The standard InChI is InChI=1S/C21H20F2N2O2/c1-21(11-27-12-21)25-19(26)9-7-16-17-10-15(23)6-8-18(17)24-20(16)13-2-4-14(22)5-3-13/h2-6,8,10,24H,7,9,11-12H2,1H3,(H,25,26). The zero-order valence-electron chi connectivity index (χ0n) is 14.9. The Morgan fingerprint density at radius 1 is 1.15 bits per heavy atom. The zero-order valence-corrected chi connectivity index (χ0v) is 14.9. The van der Waals surface area contributed by atoms with E-state index in [4.69, 9.17) is 4.74 Å². The van der Waals surface area contributed by atoms with Crippen molar-refractivity contribution >= 4 is 16.8 Å². The van der Waals surface area contributed by atoms with E-state index in [1.165, 1.54) is 24.3 Å². The molecule has 1 aromatic heterocycles. The molecule has 0 spiro atoms. The largest absolute Gasteiger partial charge is 0.376 e. The van der Waals surface area contributed by atoms with E-state index in [-0.39, 0.29) is 29.5 Å². The Balaban J connectivity index is 1.64. The highest BCUT2D eigenvalue weighted by atomic mass is 19.1. The summed E-state index contributed by atoms with van der Waals surface area (Å²) >= 11 is 0. The molecule has 1 saturated heterocycles. The van der Waals surface area contributed by atoms with E-state index < -0.39 is 0 Å². The number of H-pyrrole nitrogens is 1. The quantitative estimate of drug-likeness (QED) is 0.715. The highest BCUT2D eigenvalue weighted by Gasteiger charge is 2.34. The van der Waals surface area contributed by atoms with Crippen molar-refractivity contribution in [2.75, 3.05) is 13.2 Å². The van der Waals surface area contributed by atoms with Crippen LogP contribution in [0.5, 0.6) is 0 Å². The summed E-state index contributed by atoms with van der Waals surface area (Å²) in [7, 11) is 0. The predicted molar refractivity (Wildman–Crippen MR) is 99.3 cm³/mol. The van der Waals surface area contributed by atoms with Gasteiger partial charge in [-0.2, -0.15) is 0 Å². The van der Waals surface area contributed by atoms with Crippen molar-refractivity contribution < 1.29 is 18.3 Å². The summed E-state index contributed by atoms with van der Waals surface area (Å²) in [6.07, 6.45) is 0.714. The van der Waals surface area contributed by atoms with Crippen molar-refractivity contribution in [2.45, 2.75) is 25.3 Å². The van der Waals surface area contributed by atoms with Crippen LogP contribution in [0.25, 0.3) is 22.2 Å². The minimum Gasteiger partial charge on any atom is -0.376 e. The number of aryl methyl sites for hydroxylation is 1. The van der Waals surface area contributed by atoms with Crippen LogP contribution < -0.4 is 5.32 Å². The molecule has 27 heavy (non-hydrogen) atoms. The van der Waals surface area contributed by atoms with Crippen LogP contribution >= 0.6 is 0 Å². The number of nitrogens with one attached hydrogen (secondary N) is 2. The second-order valence-electron chi connectivity index (χ2n) is 7.28. The van der Waals surface area contributed by atoms with Crippen LogP contribution in [-0.4, -0.2) is 29.6 Å². The molecule has 0 saturated carbocycles. The molecule has 2 N–H and O–H groups in total. The molecule has 1 aliphatic heterocycles. The lowest BCUT2D eigenvalue weighted by Gasteiger charge is -2.38. The van der Waals surface area contributed by atoms with Gasteiger partial charge in [0.15, 0.2) is 0 Å². The average Bonchev–Trinajstić information content (AvgIpc) is 2.97. The van der Waals surface area contributed by atoms with Gasteiger partial charge in [0.2, 0.25) is 5.91 Å². The molecule has 0 atom stereocenters. The SMILES string of the molecule is CC1(NC(=O)CCc2c(-c3ccc(F)cc3)[nH]c3ccc(F)cc23)COC1. The van der Waals surface area contributed by atoms with Gasteiger partial charge >= 0.3 is 0 Å². The summed E-state index contributed by atoms with van der Waals surface area (Å²) in [5.41, 5.74) is 2.90. The normalized spacial score (nSPS) is 15.5. The van der Waals surface area contributed by atoms with Crippen molar-refractivity contribution in [3.63, 3.8) is 0 Å². The van der Waals surface area contributed by atoms with Crippen LogP contribution in [0.3, 0.4) is 0 Å². The van der Waals surface area contributed by atoms with Gasteiger partial charge in [0.25, 0.3) is 0 Å². The topological polar surface area (TPSA) is 54.1 Å². The molecule has 1 fully saturated rings. The van der Waals surface area contributed by atoms with Crippen LogP contribution in [0.4, 0.5) is 8.78 Å². The molecule has 4 rings (SSSR count). The van der Waals surface area contributed by atoms with Crippen LogP contribution in [0.15, 0.2) is 42.5 Å². The molecular formula is C21H20F2N2O2. The predicted octanol–water partition coefficient (Wildman–Crippen LogP) is 3.95. The molecule has 1 amide bonds. The first kappa shape index (κ1) is 17.7. The molecule has 4 nitrogen and oxygen atoms in total. The highest BCUT2D eigenvalue weighted by molar-refractivity contribution is 5.91. The lowest BCUT2D eigenvalue weighted by atomic mass is 9.98. The second-order valence-corrected chi connectivity index (χ2v) is 7.28. The Morgan fingerprint density at radius 3 is 2.52 bits per heavy atom. The van der Waals surface area contributed by atoms with Crippen LogP contribution in [-0.2, 0) is 16.0 Å². The number of benzene rings is 2. The van der Waals surface area contributed by atoms with E-state index in [0.717, 1.165) is 27.7 Å². The van der Waals surface area contributed by atoms with Gasteiger partial charge in [-0.15, -0.1) is 0 Å². The maximum Gasteiger partial charge on any atom is 0.220 e. The van der Waals surface area contributed by atoms with E-state index in [2.05, 4.69) is 10.3 Å². The molecule has 3 aromatic rings. The fourth-order valence-corrected chi connectivity index (χ4v) is 3.46. The summed E-state index contributed by atoms with van der Waals surface area (Å²) in [5, 5.41) is 3.72. The molecule has 2 heterocycles. The fourth-order valence-electron chi connectivity index (χ4n) is 3.46. The third-order valence-corrected chi connectivity index (χ3v) is 4.89. The van der Waals surface area contributed by atoms with Crippen molar-refractivity contribution in [3.8, 4) is 11.3 Å². The van der Waals surface area contributed by atoms with Crippen molar-refractivity contribution in [1.82, 2.24) is 10.3 Å². The van der Waals surface area contributed by atoms with Gasteiger partial charge in [0, 0.05) is 23.0 Å². The zero-order chi connectivity index (χ0) is 19.0. The van der Waals surface area contributed by atoms with Gasteiger partial charge in [-0.1, -0.05) is 0 Å². The van der Waals surface area contributed by atoms with Gasteiger partial charge in [-0.25, -0.2) is 8.78 Å². The average molecular weight is 370 g/mol. The monoisotopic (exact) mass is 370 g/mol. The molecule has 0 aliphatic carbocycles. The fraction of sp³-hybridized carbons (Fsp3) is 0.286. The Morgan fingerprint density at radius 2 is 1.85 bits per heavy atom. The first-order chi connectivity index (χ1) is 12.9. The van der Waals surface area contributed by atoms with Gasteiger partial charge in [0.05, 0.1) is 18.8 Å². The van der Waals surface area contributed by atoms with Crippen LogP contribution in [0.1, 0.15) is 18.9 Å². The summed E-state index contributed by atoms with van der Waals surface area (Å²) < 4.78 is 32.2. The smallest absolute Gasteiger partial charge is 0.220 e. The minimum atomic E-state index is -0.336. The number of carbonyl (C=O) groups excluding carboxylic acids is 1. The lowest BCUT2D eigenvalue weighted by molar-refractivity contribution is -0.131. The first-order valence-electron chi connectivity index (χ1n) is 8.88. The highest BCUT2D eigenvalue weighted by Crippen LogP contribution is 2.32. The number of rotatable bonds is 5. The third-order valence-electron chi connectivity index (χ3n) is 4.89. The Labute approximate surface area is 155 Å². The summed E-state index contributed by atoms with van der Waals surface area (Å²) in [4.78, 5) is 15.6. The number of ether oxygens (including phenoxy) is 1. The summed E-state index contributed by atoms with van der Waals surface area (Å²) in [6, 6.07) is 10.6. The van der Waals surface area contributed by atoms with Crippen molar-refractivity contribution in [1.29, 1.82) is 0 Å². The lowest BCUT2D eigenvalue weighted by Crippen LogP contribution is -2.59. The maximum atomic E-state index is 13.8. The van der Waals surface area contributed by atoms with E-state index in [9.17, 15) is 13.6 Å². The number of halogens is 2. The van der Waals surface area contributed by atoms with Gasteiger partial charge < -0.3 is 15.0 Å². The number of aromatic amines is 1. The number of amides is 1. The van der Waals surface area contributed by atoms with Crippen LogP contribution in [0, 0.1) is 11.6 Å². The molecular weight excluding hydrogens is 350 g/mol. The minimum absolute atomic E-state index is 0.0726. The molecule has 0 unspecified atom stereocenters. The third kappa shape index (κ3) is 3.57. The van der Waals surface area contributed by atoms with E-state index in [1.54, 1.807) is 18.2 Å². The molecule has 2 aromatic carbocycles. The summed E-state index contributed by atoms with van der Waals surface area (Å²) in [6.45, 7) is 2.97. The Bertz CT molecular complexity index is 991. The van der Waals surface area contributed by atoms with Gasteiger partial charge in [-0.05, 0) is 66.9 Å². The molecule has 0 radical (unpaired) electrons. The molecule has 6 heteroatoms. The Kier molecular flexibility index (Phi) is 4.44. The molecule has 0 bridgehead atoms. The van der Waals surface area contributed by atoms with Gasteiger partial charge in [-0.3, -0.25) is 4.79 Å². The maximum absolute atomic E-state index is 13.8. The second kappa shape index (κ2) is 6.78. The summed E-state index contributed by atoms with van der Waals surface area (Å²) in [5.74, 6) is -0.730. The van der Waals surface area contributed by atoms with Gasteiger partial charge in [0.1, 0.15) is 11.6 Å².